The molecule has 3 rings (SSSR count). The fourth-order valence-electron chi connectivity index (χ4n) is 2.72. The molecule has 4 heteroatoms. The van der Waals surface area contributed by atoms with E-state index >= 15 is 0 Å². The molecule has 0 bridgehead atoms. The van der Waals surface area contributed by atoms with Gasteiger partial charge in [-0.05, 0) is 55.5 Å². The number of hydrogen-bond donors (Lipinski definition) is 0. The Morgan fingerprint density at radius 1 is 1.36 bits per heavy atom. The number of aromatic nitrogens is 1. The Morgan fingerprint density at radius 3 is 2.73 bits per heavy atom. The highest BCUT2D eigenvalue weighted by Gasteiger charge is 2.33. The molecule has 0 unspecified atom stereocenters. The molecular weight excluding hydrogens is 292 g/mol. The molecule has 1 saturated carbocycles. The van der Waals surface area contributed by atoms with Crippen molar-refractivity contribution in [3.63, 3.8) is 0 Å². The van der Waals surface area contributed by atoms with Crippen molar-refractivity contribution in [1.82, 2.24) is 9.88 Å². The average Bonchev–Trinajstić information content (AvgIpc) is 3.30. The number of carbonyl (C=O) groups excluding carboxylic acids is 1. The molecule has 1 amide bonds. The minimum atomic E-state index is 0.190. The first kappa shape index (κ1) is 15.2. The van der Waals surface area contributed by atoms with Gasteiger partial charge in [0.15, 0.2) is 0 Å². The number of carbonyl (C=O) groups is 1. The molecule has 0 N–H and O–H groups in total. The second-order valence-corrected chi connectivity index (χ2v) is 7.22. The number of rotatable bonds is 6. The monoisotopic (exact) mass is 314 g/mol. The predicted molar refractivity (Wildman–Crippen MR) is 90.2 cm³/mol. The summed E-state index contributed by atoms with van der Waals surface area (Å²) in [6.45, 7) is 4.99. The summed E-state index contributed by atoms with van der Waals surface area (Å²) in [7, 11) is 0. The summed E-state index contributed by atoms with van der Waals surface area (Å²) >= 11 is 1.64. The quantitative estimate of drug-likeness (QED) is 0.800. The predicted octanol–water partition coefficient (Wildman–Crippen LogP) is 4.21. The van der Waals surface area contributed by atoms with Gasteiger partial charge in [-0.25, -0.2) is 0 Å². The molecule has 0 radical (unpaired) electrons. The van der Waals surface area contributed by atoms with Crippen LogP contribution in [-0.2, 0) is 13.0 Å². The van der Waals surface area contributed by atoms with Crippen LogP contribution in [0.1, 0.15) is 51.9 Å². The lowest BCUT2D eigenvalue weighted by molar-refractivity contribution is 0.0735. The molecule has 1 aliphatic rings. The minimum Gasteiger partial charge on any atom is -0.331 e. The number of pyridine rings is 1. The van der Waals surface area contributed by atoms with Crippen LogP contribution in [0.25, 0.3) is 0 Å². The normalized spacial score (nSPS) is 14.1. The van der Waals surface area contributed by atoms with Gasteiger partial charge in [0.1, 0.15) is 0 Å². The highest BCUT2D eigenvalue weighted by Crippen LogP contribution is 2.32. The van der Waals surface area contributed by atoms with Crippen LogP contribution in [0, 0.1) is 6.92 Å². The highest BCUT2D eigenvalue weighted by molar-refractivity contribution is 7.14. The minimum absolute atomic E-state index is 0.190. The first-order valence-electron chi connectivity index (χ1n) is 7.98. The summed E-state index contributed by atoms with van der Waals surface area (Å²) < 4.78 is 0. The summed E-state index contributed by atoms with van der Waals surface area (Å²) in [5, 5.41) is 0. The van der Waals surface area contributed by atoms with Crippen LogP contribution in [0.3, 0.4) is 0 Å². The molecule has 2 heterocycles. The van der Waals surface area contributed by atoms with Gasteiger partial charge < -0.3 is 4.90 Å². The second-order valence-electron chi connectivity index (χ2n) is 5.96. The first-order valence-corrected chi connectivity index (χ1v) is 8.80. The van der Waals surface area contributed by atoms with Gasteiger partial charge in [0, 0.05) is 29.9 Å². The molecule has 0 aliphatic heterocycles. The highest BCUT2D eigenvalue weighted by atomic mass is 32.1. The summed E-state index contributed by atoms with van der Waals surface area (Å²) in [6, 6.07) is 6.50. The third-order valence-electron chi connectivity index (χ3n) is 4.10. The Balaban J connectivity index is 1.79. The van der Waals surface area contributed by atoms with Gasteiger partial charge in [-0.15, -0.1) is 11.3 Å². The smallest absolute Gasteiger partial charge is 0.264 e. The Morgan fingerprint density at radius 2 is 2.09 bits per heavy atom. The molecule has 1 fully saturated rings. The standard InChI is InChI=1S/C18H22N2OS/c1-3-4-15-11-17(22-13(15)2)18(21)20(16-5-6-16)12-14-7-9-19-10-8-14/h7-11,16H,3-6,12H2,1-2H3. The van der Waals surface area contributed by atoms with Crippen LogP contribution in [0.4, 0.5) is 0 Å². The van der Waals surface area contributed by atoms with E-state index in [-0.39, 0.29) is 5.91 Å². The van der Waals surface area contributed by atoms with Gasteiger partial charge in [-0.1, -0.05) is 13.3 Å². The average molecular weight is 314 g/mol. The van der Waals surface area contributed by atoms with Crippen molar-refractivity contribution in [2.75, 3.05) is 0 Å². The molecule has 116 valence electrons. The van der Waals surface area contributed by atoms with E-state index in [9.17, 15) is 4.79 Å². The van der Waals surface area contributed by atoms with Gasteiger partial charge in [-0.3, -0.25) is 9.78 Å². The topological polar surface area (TPSA) is 33.2 Å². The van der Waals surface area contributed by atoms with Crippen LogP contribution in [0.15, 0.2) is 30.6 Å². The summed E-state index contributed by atoms with van der Waals surface area (Å²) in [5.41, 5.74) is 2.48. The fraction of sp³-hybridized carbons (Fsp3) is 0.444. The van der Waals surface area contributed by atoms with Crippen molar-refractivity contribution in [2.24, 2.45) is 0 Å². The van der Waals surface area contributed by atoms with E-state index in [4.69, 9.17) is 0 Å². The first-order chi connectivity index (χ1) is 10.7. The third kappa shape index (κ3) is 3.38. The molecule has 3 nitrogen and oxygen atoms in total. The summed E-state index contributed by atoms with van der Waals surface area (Å²) in [4.78, 5) is 21.2. The lowest BCUT2D eigenvalue weighted by Crippen LogP contribution is -2.32. The van der Waals surface area contributed by atoms with Crippen molar-refractivity contribution < 1.29 is 4.79 Å². The van der Waals surface area contributed by atoms with Gasteiger partial charge in [0.05, 0.1) is 4.88 Å². The van der Waals surface area contributed by atoms with Crippen molar-refractivity contribution >= 4 is 17.2 Å². The molecule has 0 saturated heterocycles. The molecule has 2 aromatic rings. The number of amides is 1. The lowest BCUT2D eigenvalue weighted by atomic mass is 10.1. The van der Waals surface area contributed by atoms with E-state index < -0.39 is 0 Å². The zero-order valence-electron chi connectivity index (χ0n) is 13.2. The zero-order valence-corrected chi connectivity index (χ0v) is 14.0. The van der Waals surface area contributed by atoms with Gasteiger partial charge in [0.25, 0.3) is 5.91 Å². The van der Waals surface area contributed by atoms with E-state index in [1.165, 1.54) is 10.4 Å². The summed E-state index contributed by atoms with van der Waals surface area (Å²) in [5.74, 6) is 0.190. The zero-order chi connectivity index (χ0) is 15.5. The maximum absolute atomic E-state index is 12.9. The Bertz CT molecular complexity index is 646. The molecule has 0 atom stereocenters. The van der Waals surface area contributed by atoms with Crippen molar-refractivity contribution in [2.45, 2.75) is 52.1 Å². The Labute approximate surface area is 136 Å². The molecule has 2 aromatic heterocycles. The van der Waals surface area contributed by atoms with Crippen molar-refractivity contribution in [3.8, 4) is 0 Å². The molecular formula is C18H22N2OS. The molecule has 22 heavy (non-hydrogen) atoms. The largest absolute Gasteiger partial charge is 0.331 e. The van der Waals surface area contributed by atoms with Gasteiger partial charge >= 0.3 is 0 Å². The SMILES string of the molecule is CCCc1cc(C(=O)N(Cc2ccncc2)C2CC2)sc1C. The van der Waals surface area contributed by atoms with Crippen LogP contribution in [0.5, 0.6) is 0 Å². The van der Waals surface area contributed by atoms with E-state index in [1.807, 2.05) is 17.0 Å². The van der Waals surface area contributed by atoms with Crippen molar-refractivity contribution in [1.29, 1.82) is 0 Å². The fourth-order valence-corrected chi connectivity index (χ4v) is 3.75. The number of nitrogens with zero attached hydrogens (tertiary/aromatic N) is 2. The van der Waals surface area contributed by atoms with E-state index in [1.54, 1.807) is 23.7 Å². The van der Waals surface area contributed by atoms with E-state index in [0.29, 0.717) is 12.6 Å². The second kappa shape index (κ2) is 6.61. The number of thiophene rings is 1. The Kier molecular flexibility index (Phi) is 4.57. The third-order valence-corrected chi connectivity index (χ3v) is 5.18. The van der Waals surface area contributed by atoms with Crippen LogP contribution in [-0.4, -0.2) is 21.8 Å². The van der Waals surface area contributed by atoms with Crippen LogP contribution < -0.4 is 0 Å². The van der Waals surface area contributed by atoms with Gasteiger partial charge in [0.2, 0.25) is 0 Å². The maximum Gasteiger partial charge on any atom is 0.264 e. The Hall–Kier alpha value is -1.68. The van der Waals surface area contributed by atoms with Crippen LogP contribution in [0.2, 0.25) is 0 Å². The molecule has 0 spiro atoms. The lowest BCUT2D eigenvalue weighted by Gasteiger charge is -2.21. The molecule has 0 aromatic carbocycles. The molecule has 1 aliphatic carbocycles. The van der Waals surface area contributed by atoms with E-state index in [0.717, 1.165) is 36.1 Å². The van der Waals surface area contributed by atoms with Gasteiger partial charge in [-0.2, -0.15) is 0 Å². The van der Waals surface area contributed by atoms with Crippen LogP contribution >= 0.6 is 11.3 Å². The number of aryl methyl sites for hydroxylation is 2. The van der Waals surface area contributed by atoms with E-state index in [2.05, 4.69) is 24.9 Å². The van der Waals surface area contributed by atoms with Crippen molar-refractivity contribution in [3.05, 3.63) is 51.5 Å². The summed E-state index contributed by atoms with van der Waals surface area (Å²) in [6.07, 6.45) is 8.02. The maximum atomic E-state index is 12.9. The number of hydrogen-bond acceptors (Lipinski definition) is 3.